The van der Waals surface area contributed by atoms with Gasteiger partial charge < -0.3 is 4.90 Å². The Kier molecular flexibility index (Phi) is 4.13. The summed E-state index contributed by atoms with van der Waals surface area (Å²) in [5, 5.41) is 1.74. The zero-order valence-corrected chi connectivity index (χ0v) is 13.7. The zero-order valence-electron chi connectivity index (χ0n) is 12.1. The van der Waals surface area contributed by atoms with Crippen LogP contribution in [0.1, 0.15) is 43.0 Å². The first-order chi connectivity index (χ1) is 9.70. The molecule has 3 nitrogen and oxygen atoms in total. The summed E-state index contributed by atoms with van der Waals surface area (Å²) < 4.78 is 0. The van der Waals surface area contributed by atoms with E-state index in [2.05, 4.69) is 16.8 Å². The minimum Gasteiger partial charge on any atom is -0.344 e. The molecule has 1 aliphatic rings. The molecule has 0 amide bonds. The summed E-state index contributed by atoms with van der Waals surface area (Å²) in [7, 11) is 2.04. The Bertz CT molecular complexity index is 623. The van der Waals surface area contributed by atoms with Gasteiger partial charge in [0.2, 0.25) is 5.95 Å². The van der Waals surface area contributed by atoms with Crippen molar-refractivity contribution in [3.05, 3.63) is 15.6 Å². The number of unbranched alkanes of at least 4 members (excludes halogenated alkanes) is 1. The maximum atomic E-state index is 6.45. The van der Waals surface area contributed by atoms with Crippen LogP contribution in [-0.4, -0.2) is 23.6 Å². The number of aromatic nitrogens is 2. The van der Waals surface area contributed by atoms with Crippen LogP contribution in [0.3, 0.4) is 0 Å². The van der Waals surface area contributed by atoms with E-state index in [1.165, 1.54) is 36.1 Å². The average molecular weight is 310 g/mol. The van der Waals surface area contributed by atoms with Crippen LogP contribution in [0.15, 0.2) is 0 Å². The van der Waals surface area contributed by atoms with Gasteiger partial charge in [-0.15, -0.1) is 11.3 Å². The van der Waals surface area contributed by atoms with Gasteiger partial charge in [-0.2, -0.15) is 0 Å². The third-order valence-corrected chi connectivity index (χ3v) is 5.41. The minimum absolute atomic E-state index is 0.632. The van der Waals surface area contributed by atoms with Crippen LogP contribution in [0, 0.1) is 0 Å². The lowest BCUT2D eigenvalue weighted by Gasteiger charge is -2.16. The van der Waals surface area contributed by atoms with Gasteiger partial charge >= 0.3 is 0 Å². The minimum atomic E-state index is 0.632. The Balaban J connectivity index is 2.01. The van der Waals surface area contributed by atoms with E-state index in [4.69, 9.17) is 16.6 Å². The molecular formula is C15H20ClN3S. The summed E-state index contributed by atoms with van der Waals surface area (Å²) in [5.74, 6) is 0.759. The first-order valence-electron chi connectivity index (χ1n) is 7.39. The number of anilines is 1. The van der Waals surface area contributed by atoms with Gasteiger partial charge in [-0.3, -0.25) is 0 Å². The van der Waals surface area contributed by atoms with Crippen LogP contribution < -0.4 is 4.90 Å². The third kappa shape index (κ3) is 2.51. The summed E-state index contributed by atoms with van der Waals surface area (Å²) in [5.41, 5.74) is 1.41. The molecule has 2 aromatic heterocycles. The Morgan fingerprint density at radius 3 is 2.85 bits per heavy atom. The SMILES string of the molecule is CCCCN(C)c1nc(Cl)c2c3c(sc2n1)CCCC3. The topological polar surface area (TPSA) is 29.0 Å². The predicted octanol–water partition coefficient (Wildman–Crippen LogP) is 4.46. The smallest absolute Gasteiger partial charge is 0.227 e. The summed E-state index contributed by atoms with van der Waals surface area (Å²) in [6, 6.07) is 0. The van der Waals surface area contributed by atoms with Crippen molar-refractivity contribution in [2.45, 2.75) is 45.4 Å². The highest BCUT2D eigenvalue weighted by molar-refractivity contribution is 7.19. The second kappa shape index (κ2) is 5.86. The van der Waals surface area contributed by atoms with Crippen molar-refractivity contribution >= 4 is 39.1 Å². The molecule has 0 bridgehead atoms. The van der Waals surface area contributed by atoms with Gasteiger partial charge in [0.1, 0.15) is 9.98 Å². The van der Waals surface area contributed by atoms with E-state index in [-0.39, 0.29) is 0 Å². The van der Waals surface area contributed by atoms with Crippen molar-refractivity contribution < 1.29 is 0 Å². The molecule has 0 unspecified atom stereocenters. The fourth-order valence-corrected chi connectivity index (χ4v) is 4.36. The molecular weight excluding hydrogens is 290 g/mol. The molecule has 0 radical (unpaired) electrons. The van der Waals surface area contributed by atoms with Crippen molar-refractivity contribution in [2.24, 2.45) is 0 Å². The molecule has 2 heterocycles. The van der Waals surface area contributed by atoms with E-state index < -0.39 is 0 Å². The van der Waals surface area contributed by atoms with E-state index in [1.807, 2.05) is 18.4 Å². The summed E-state index contributed by atoms with van der Waals surface area (Å²) in [4.78, 5) is 13.9. The van der Waals surface area contributed by atoms with Crippen molar-refractivity contribution in [1.29, 1.82) is 0 Å². The lowest BCUT2D eigenvalue weighted by molar-refractivity contribution is 0.700. The first kappa shape index (κ1) is 14.1. The van der Waals surface area contributed by atoms with Crippen LogP contribution >= 0.6 is 22.9 Å². The largest absolute Gasteiger partial charge is 0.344 e. The van der Waals surface area contributed by atoms with Crippen LogP contribution in [-0.2, 0) is 12.8 Å². The van der Waals surface area contributed by atoms with Gasteiger partial charge in [0.25, 0.3) is 0 Å². The van der Waals surface area contributed by atoms with Crippen molar-refractivity contribution in [3.8, 4) is 0 Å². The number of thiophene rings is 1. The number of hydrogen-bond acceptors (Lipinski definition) is 4. The maximum Gasteiger partial charge on any atom is 0.227 e. The van der Waals surface area contributed by atoms with Gasteiger partial charge in [0.15, 0.2) is 0 Å². The molecule has 0 aromatic carbocycles. The highest BCUT2D eigenvalue weighted by Gasteiger charge is 2.21. The Morgan fingerprint density at radius 1 is 1.25 bits per heavy atom. The van der Waals surface area contributed by atoms with E-state index in [1.54, 1.807) is 0 Å². The third-order valence-electron chi connectivity index (χ3n) is 3.95. The molecule has 0 N–H and O–H groups in total. The van der Waals surface area contributed by atoms with E-state index in [0.717, 1.165) is 35.6 Å². The van der Waals surface area contributed by atoms with E-state index in [9.17, 15) is 0 Å². The molecule has 0 spiro atoms. The van der Waals surface area contributed by atoms with E-state index >= 15 is 0 Å². The predicted molar refractivity (Wildman–Crippen MR) is 87.2 cm³/mol. The lowest BCUT2D eigenvalue weighted by Crippen LogP contribution is -2.20. The van der Waals surface area contributed by atoms with E-state index in [0.29, 0.717) is 5.15 Å². The summed E-state index contributed by atoms with van der Waals surface area (Å²) >= 11 is 8.25. The number of aryl methyl sites for hydroxylation is 2. The molecule has 1 aliphatic carbocycles. The Hall–Kier alpha value is -0.870. The monoisotopic (exact) mass is 309 g/mol. The van der Waals surface area contributed by atoms with Crippen molar-refractivity contribution in [2.75, 3.05) is 18.5 Å². The second-order valence-electron chi connectivity index (χ2n) is 5.48. The van der Waals surface area contributed by atoms with Gasteiger partial charge in [-0.05, 0) is 37.7 Å². The number of nitrogens with zero attached hydrogens (tertiary/aromatic N) is 3. The van der Waals surface area contributed by atoms with Crippen LogP contribution in [0.5, 0.6) is 0 Å². The zero-order chi connectivity index (χ0) is 14.1. The normalized spacial score (nSPS) is 14.6. The number of halogens is 1. The number of hydrogen-bond donors (Lipinski definition) is 0. The average Bonchev–Trinajstić information content (AvgIpc) is 2.83. The quantitative estimate of drug-likeness (QED) is 0.781. The number of rotatable bonds is 4. The highest BCUT2D eigenvalue weighted by Crippen LogP contribution is 2.39. The number of fused-ring (bicyclic) bond motifs is 3. The van der Waals surface area contributed by atoms with Crippen LogP contribution in [0.25, 0.3) is 10.2 Å². The van der Waals surface area contributed by atoms with Gasteiger partial charge in [0, 0.05) is 18.5 Å². The Labute approximate surface area is 129 Å². The van der Waals surface area contributed by atoms with Crippen LogP contribution in [0.4, 0.5) is 5.95 Å². The maximum absolute atomic E-state index is 6.45. The summed E-state index contributed by atoms with van der Waals surface area (Å²) in [6.45, 7) is 3.17. The van der Waals surface area contributed by atoms with Gasteiger partial charge in [-0.25, -0.2) is 9.97 Å². The molecule has 0 saturated carbocycles. The van der Waals surface area contributed by atoms with Gasteiger partial charge in [-0.1, -0.05) is 24.9 Å². The van der Waals surface area contributed by atoms with Crippen molar-refractivity contribution in [1.82, 2.24) is 9.97 Å². The Morgan fingerprint density at radius 2 is 2.05 bits per heavy atom. The molecule has 2 aromatic rings. The lowest BCUT2D eigenvalue weighted by atomic mass is 9.97. The fraction of sp³-hybridized carbons (Fsp3) is 0.600. The fourth-order valence-electron chi connectivity index (χ4n) is 2.77. The van der Waals surface area contributed by atoms with Crippen LogP contribution in [0.2, 0.25) is 5.15 Å². The highest BCUT2D eigenvalue weighted by atomic mass is 35.5. The molecule has 3 rings (SSSR count). The molecule has 0 aliphatic heterocycles. The standard InChI is InChI=1S/C15H20ClN3S/c1-3-4-9-19(2)15-17-13(16)12-10-7-5-6-8-11(10)20-14(12)18-15/h3-9H2,1-2H3. The molecule has 0 saturated heterocycles. The second-order valence-corrected chi connectivity index (χ2v) is 6.92. The van der Waals surface area contributed by atoms with Gasteiger partial charge in [0.05, 0.1) is 5.39 Å². The van der Waals surface area contributed by atoms with Crippen molar-refractivity contribution in [3.63, 3.8) is 0 Å². The summed E-state index contributed by atoms with van der Waals surface area (Å²) in [6.07, 6.45) is 7.17. The molecule has 0 fully saturated rings. The molecule has 0 atom stereocenters. The molecule has 20 heavy (non-hydrogen) atoms. The molecule has 5 heteroatoms. The first-order valence-corrected chi connectivity index (χ1v) is 8.59. The molecule has 108 valence electrons.